The monoisotopic (exact) mass is 259 g/mol. The Hall–Kier alpha value is -1.81. The second-order valence-electron chi connectivity index (χ2n) is 4.85. The summed E-state index contributed by atoms with van der Waals surface area (Å²) in [4.78, 5) is 0. The van der Waals surface area contributed by atoms with Crippen molar-refractivity contribution in [1.29, 1.82) is 0 Å². The van der Waals surface area contributed by atoms with Crippen LogP contribution in [0.5, 0.6) is 5.75 Å². The van der Waals surface area contributed by atoms with Crippen molar-refractivity contribution in [3.05, 3.63) is 47.3 Å². The molecule has 4 nitrogen and oxygen atoms in total. The molecule has 19 heavy (non-hydrogen) atoms. The van der Waals surface area contributed by atoms with Crippen LogP contribution in [-0.4, -0.2) is 21.4 Å². The fraction of sp³-hybridized carbons (Fsp3) is 0.400. The first-order valence-corrected chi connectivity index (χ1v) is 6.65. The van der Waals surface area contributed by atoms with E-state index >= 15 is 0 Å². The van der Waals surface area contributed by atoms with Crippen molar-refractivity contribution in [2.24, 2.45) is 0 Å². The molecule has 0 aliphatic carbocycles. The van der Waals surface area contributed by atoms with Gasteiger partial charge in [-0.25, -0.2) is 0 Å². The van der Waals surface area contributed by atoms with Crippen LogP contribution in [0.1, 0.15) is 23.4 Å². The zero-order valence-electron chi connectivity index (χ0n) is 11.6. The molecule has 2 rings (SSSR count). The van der Waals surface area contributed by atoms with Gasteiger partial charge in [-0.2, -0.15) is 5.10 Å². The van der Waals surface area contributed by atoms with E-state index < -0.39 is 0 Å². The summed E-state index contributed by atoms with van der Waals surface area (Å²) in [6.45, 7) is 6.84. The van der Waals surface area contributed by atoms with E-state index in [9.17, 15) is 5.11 Å². The number of phenols is 1. The molecule has 0 atom stereocenters. The predicted molar refractivity (Wildman–Crippen MR) is 76.1 cm³/mol. The lowest BCUT2D eigenvalue weighted by atomic mass is 10.2. The van der Waals surface area contributed by atoms with Crippen molar-refractivity contribution in [1.82, 2.24) is 15.1 Å². The lowest BCUT2D eigenvalue weighted by Crippen LogP contribution is -2.17. The van der Waals surface area contributed by atoms with Gasteiger partial charge in [0.1, 0.15) is 5.75 Å². The van der Waals surface area contributed by atoms with E-state index in [1.54, 1.807) is 12.1 Å². The molecule has 1 heterocycles. The molecule has 102 valence electrons. The summed E-state index contributed by atoms with van der Waals surface area (Å²) in [6.07, 6.45) is 1.06. The number of rotatable bonds is 6. The highest BCUT2D eigenvalue weighted by Crippen LogP contribution is 2.09. The molecule has 0 fully saturated rings. The topological polar surface area (TPSA) is 50.1 Å². The minimum absolute atomic E-state index is 0.313. The molecule has 0 saturated heterocycles. The maximum atomic E-state index is 9.19. The molecule has 0 aliphatic rings. The highest BCUT2D eigenvalue weighted by molar-refractivity contribution is 5.25. The highest BCUT2D eigenvalue weighted by Gasteiger charge is 2.00. The van der Waals surface area contributed by atoms with E-state index in [-0.39, 0.29) is 0 Å². The molecule has 2 N–H and O–H groups in total. The Morgan fingerprint density at radius 3 is 2.58 bits per heavy atom. The molecule has 2 aromatic rings. The van der Waals surface area contributed by atoms with Gasteiger partial charge in [0.15, 0.2) is 0 Å². The van der Waals surface area contributed by atoms with Gasteiger partial charge in [0, 0.05) is 18.8 Å². The SMILES string of the molecule is Cc1cc(C)n(CCCNCc2ccc(O)cc2)n1. The van der Waals surface area contributed by atoms with Gasteiger partial charge in [-0.15, -0.1) is 0 Å². The highest BCUT2D eigenvalue weighted by atomic mass is 16.3. The van der Waals surface area contributed by atoms with E-state index in [1.807, 2.05) is 19.1 Å². The van der Waals surface area contributed by atoms with E-state index in [0.717, 1.165) is 31.7 Å². The van der Waals surface area contributed by atoms with Gasteiger partial charge < -0.3 is 10.4 Å². The Kier molecular flexibility index (Phi) is 4.58. The molecular weight excluding hydrogens is 238 g/mol. The number of aromatic nitrogens is 2. The third-order valence-corrected chi connectivity index (χ3v) is 3.09. The summed E-state index contributed by atoms with van der Waals surface area (Å²) in [5.41, 5.74) is 3.48. The quantitative estimate of drug-likeness (QED) is 0.783. The third kappa shape index (κ3) is 4.10. The maximum absolute atomic E-state index is 9.19. The van der Waals surface area contributed by atoms with E-state index in [4.69, 9.17) is 0 Å². The van der Waals surface area contributed by atoms with Crippen LogP contribution in [0.3, 0.4) is 0 Å². The smallest absolute Gasteiger partial charge is 0.115 e. The summed E-state index contributed by atoms with van der Waals surface area (Å²) in [6, 6.07) is 9.40. The molecule has 1 aromatic heterocycles. The fourth-order valence-corrected chi connectivity index (χ4v) is 2.10. The van der Waals surface area contributed by atoms with Crippen LogP contribution in [0, 0.1) is 13.8 Å². The second kappa shape index (κ2) is 6.38. The number of phenolic OH excluding ortho intramolecular Hbond substituents is 1. The molecule has 0 amide bonds. The zero-order chi connectivity index (χ0) is 13.7. The summed E-state index contributed by atoms with van der Waals surface area (Å²) in [5.74, 6) is 0.313. The lowest BCUT2D eigenvalue weighted by Gasteiger charge is -2.06. The van der Waals surface area contributed by atoms with Crippen LogP contribution in [0.4, 0.5) is 0 Å². The Labute approximate surface area is 114 Å². The first kappa shape index (κ1) is 13.6. The number of aromatic hydroxyl groups is 1. The van der Waals surface area contributed by atoms with Crippen LogP contribution < -0.4 is 5.32 Å². The average Bonchev–Trinajstić information content (AvgIpc) is 2.70. The number of nitrogens with one attached hydrogen (secondary N) is 1. The summed E-state index contributed by atoms with van der Waals surface area (Å²) < 4.78 is 2.05. The van der Waals surface area contributed by atoms with Gasteiger partial charge in [-0.1, -0.05) is 12.1 Å². The first-order chi connectivity index (χ1) is 9.15. The molecule has 0 aliphatic heterocycles. The zero-order valence-corrected chi connectivity index (χ0v) is 11.6. The van der Waals surface area contributed by atoms with Crippen molar-refractivity contribution in [3.8, 4) is 5.75 Å². The van der Waals surface area contributed by atoms with Crippen molar-refractivity contribution in [2.75, 3.05) is 6.54 Å². The standard InChI is InChI=1S/C15H21N3O/c1-12-10-13(2)18(17-12)9-3-8-16-11-14-4-6-15(19)7-5-14/h4-7,10,16,19H,3,8-9,11H2,1-2H3. The minimum atomic E-state index is 0.313. The predicted octanol–water partition coefficient (Wildman–Crippen LogP) is 2.39. The molecule has 0 saturated carbocycles. The molecule has 0 radical (unpaired) electrons. The van der Waals surface area contributed by atoms with Crippen molar-refractivity contribution < 1.29 is 5.11 Å². The molecule has 0 spiro atoms. The van der Waals surface area contributed by atoms with Crippen LogP contribution in [0.2, 0.25) is 0 Å². The largest absolute Gasteiger partial charge is 0.508 e. The van der Waals surface area contributed by atoms with Gasteiger partial charge in [-0.3, -0.25) is 4.68 Å². The van der Waals surface area contributed by atoms with Gasteiger partial charge in [0.05, 0.1) is 5.69 Å². The first-order valence-electron chi connectivity index (χ1n) is 6.65. The summed E-state index contributed by atoms with van der Waals surface area (Å²) >= 11 is 0. The number of benzene rings is 1. The molecular formula is C15H21N3O. The molecule has 1 aromatic carbocycles. The second-order valence-corrected chi connectivity index (χ2v) is 4.85. The van der Waals surface area contributed by atoms with Crippen LogP contribution >= 0.6 is 0 Å². The summed E-state index contributed by atoms with van der Waals surface area (Å²) in [5, 5.41) is 17.0. The van der Waals surface area contributed by atoms with E-state index in [0.29, 0.717) is 5.75 Å². The number of aryl methyl sites for hydroxylation is 3. The normalized spacial score (nSPS) is 10.8. The van der Waals surface area contributed by atoms with Crippen LogP contribution in [-0.2, 0) is 13.1 Å². The summed E-state index contributed by atoms with van der Waals surface area (Å²) in [7, 11) is 0. The van der Waals surface area contributed by atoms with Crippen LogP contribution in [0.25, 0.3) is 0 Å². The number of hydrogen-bond acceptors (Lipinski definition) is 3. The van der Waals surface area contributed by atoms with E-state index in [2.05, 4.69) is 28.1 Å². The maximum Gasteiger partial charge on any atom is 0.115 e. The average molecular weight is 259 g/mol. The number of hydrogen-bond donors (Lipinski definition) is 2. The molecule has 0 bridgehead atoms. The fourth-order valence-electron chi connectivity index (χ4n) is 2.10. The third-order valence-electron chi connectivity index (χ3n) is 3.09. The molecule has 0 unspecified atom stereocenters. The Balaban J connectivity index is 1.67. The minimum Gasteiger partial charge on any atom is -0.508 e. The Bertz CT molecular complexity index is 517. The van der Waals surface area contributed by atoms with Crippen molar-refractivity contribution in [3.63, 3.8) is 0 Å². The van der Waals surface area contributed by atoms with Gasteiger partial charge in [0.25, 0.3) is 0 Å². The van der Waals surface area contributed by atoms with E-state index in [1.165, 1.54) is 11.3 Å². The van der Waals surface area contributed by atoms with Gasteiger partial charge >= 0.3 is 0 Å². The molecule has 4 heteroatoms. The van der Waals surface area contributed by atoms with Crippen molar-refractivity contribution in [2.45, 2.75) is 33.4 Å². The Morgan fingerprint density at radius 1 is 1.21 bits per heavy atom. The van der Waals surface area contributed by atoms with Crippen LogP contribution in [0.15, 0.2) is 30.3 Å². The van der Waals surface area contributed by atoms with Crippen molar-refractivity contribution >= 4 is 0 Å². The number of nitrogens with zero attached hydrogens (tertiary/aromatic N) is 2. The van der Waals surface area contributed by atoms with Gasteiger partial charge in [-0.05, 0) is 50.6 Å². The van der Waals surface area contributed by atoms with Gasteiger partial charge in [0.2, 0.25) is 0 Å². The lowest BCUT2D eigenvalue weighted by molar-refractivity contribution is 0.475. The Morgan fingerprint density at radius 2 is 1.95 bits per heavy atom.